The Morgan fingerprint density at radius 1 is 1.23 bits per heavy atom. The lowest BCUT2D eigenvalue weighted by Crippen LogP contribution is -2.33. The molecular weight excluding hydrogens is 172 g/mol. The van der Waals surface area contributed by atoms with E-state index in [0.29, 0.717) is 25.0 Å². The molecule has 3 aliphatic rings. The molecule has 13 heavy (non-hydrogen) atoms. The molecule has 0 N–H and O–H groups in total. The topological polar surface area (TPSA) is 44.8 Å². The van der Waals surface area contributed by atoms with Crippen molar-refractivity contribution in [3.05, 3.63) is 0 Å². The van der Waals surface area contributed by atoms with E-state index in [0.717, 1.165) is 13.0 Å². The van der Waals surface area contributed by atoms with E-state index in [1.807, 2.05) is 0 Å². The van der Waals surface area contributed by atoms with Gasteiger partial charge in [0.25, 0.3) is 0 Å². The smallest absolute Gasteiger partial charge is 0.306 e. The summed E-state index contributed by atoms with van der Waals surface area (Å²) in [5.74, 6) is 0.669. The third-order valence-corrected chi connectivity index (χ3v) is 3.33. The van der Waals surface area contributed by atoms with Crippen LogP contribution in [0.2, 0.25) is 0 Å². The molecule has 0 aromatic rings. The molecule has 2 aliphatic heterocycles. The van der Waals surface area contributed by atoms with Crippen molar-refractivity contribution < 1.29 is 19.0 Å². The lowest BCUT2D eigenvalue weighted by Gasteiger charge is -2.27. The van der Waals surface area contributed by atoms with Crippen LogP contribution in [0.3, 0.4) is 0 Å². The summed E-state index contributed by atoms with van der Waals surface area (Å²) < 4.78 is 15.9. The number of hydrogen-bond acceptors (Lipinski definition) is 4. The Morgan fingerprint density at radius 3 is 3.08 bits per heavy atom. The summed E-state index contributed by atoms with van der Waals surface area (Å²) in [4.78, 5) is 11.0. The highest BCUT2D eigenvalue weighted by Crippen LogP contribution is 2.43. The molecule has 4 atom stereocenters. The fourth-order valence-electron chi connectivity index (χ4n) is 2.70. The quantitative estimate of drug-likeness (QED) is 0.508. The van der Waals surface area contributed by atoms with E-state index in [2.05, 4.69) is 0 Å². The van der Waals surface area contributed by atoms with E-state index in [-0.39, 0.29) is 18.2 Å². The van der Waals surface area contributed by atoms with Gasteiger partial charge in [-0.2, -0.15) is 0 Å². The van der Waals surface area contributed by atoms with Gasteiger partial charge in [-0.1, -0.05) is 0 Å². The normalized spacial score (nSPS) is 48.5. The molecule has 1 aliphatic carbocycles. The summed E-state index contributed by atoms with van der Waals surface area (Å²) in [5, 5.41) is 0. The molecule has 3 fully saturated rings. The van der Waals surface area contributed by atoms with Gasteiger partial charge >= 0.3 is 5.97 Å². The van der Waals surface area contributed by atoms with Gasteiger partial charge in [-0.05, 0) is 0 Å². The van der Waals surface area contributed by atoms with Crippen molar-refractivity contribution in [1.29, 1.82) is 0 Å². The average Bonchev–Trinajstić information content (AvgIpc) is 2.60. The van der Waals surface area contributed by atoms with Gasteiger partial charge in [0.2, 0.25) is 0 Å². The van der Waals surface area contributed by atoms with Crippen molar-refractivity contribution in [1.82, 2.24) is 0 Å². The van der Waals surface area contributed by atoms with Crippen molar-refractivity contribution in [3.8, 4) is 0 Å². The second-order valence-electron chi connectivity index (χ2n) is 3.99. The molecule has 3 rings (SSSR count). The number of hydrogen-bond donors (Lipinski definition) is 0. The van der Waals surface area contributed by atoms with E-state index in [9.17, 15) is 4.79 Å². The zero-order valence-corrected chi connectivity index (χ0v) is 7.27. The molecule has 0 spiro atoms. The second-order valence-corrected chi connectivity index (χ2v) is 3.99. The molecule has 1 saturated carbocycles. The highest BCUT2D eigenvalue weighted by atomic mass is 16.7. The SMILES string of the molecule is O=C1CC2C(CC3OCOCC32)O1. The van der Waals surface area contributed by atoms with Crippen LogP contribution in [-0.4, -0.2) is 31.6 Å². The van der Waals surface area contributed by atoms with Gasteiger partial charge in [-0.3, -0.25) is 4.79 Å². The van der Waals surface area contributed by atoms with Crippen molar-refractivity contribution in [3.63, 3.8) is 0 Å². The second kappa shape index (κ2) is 2.69. The van der Waals surface area contributed by atoms with E-state index >= 15 is 0 Å². The van der Waals surface area contributed by atoms with E-state index < -0.39 is 0 Å². The molecule has 4 unspecified atom stereocenters. The molecule has 4 nitrogen and oxygen atoms in total. The minimum Gasteiger partial charge on any atom is -0.462 e. The third kappa shape index (κ3) is 1.09. The third-order valence-electron chi connectivity index (χ3n) is 3.33. The van der Waals surface area contributed by atoms with Crippen molar-refractivity contribution >= 4 is 5.97 Å². The molecule has 2 heterocycles. The highest BCUT2D eigenvalue weighted by molar-refractivity contribution is 5.72. The predicted molar refractivity (Wildman–Crippen MR) is 41.8 cm³/mol. The number of carbonyl (C=O) groups is 1. The first-order valence-electron chi connectivity index (χ1n) is 4.73. The standard InChI is InChI=1S/C9H12O4/c10-9-1-5-6-3-11-4-12-7(6)2-8(5)13-9/h5-8H,1-4H2. The van der Waals surface area contributed by atoms with Crippen LogP contribution in [0.5, 0.6) is 0 Å². The molecule has 0 radical (unpaired) electrons. The Hall–Kier alpha value is -0.610. The first-order valence-corrected chi connectivity index (χ1v) is 4.73. The molecule has 0 bridgehead atoms. The van der Waals surface area contributed by atoms with Gasteiger partial charge in [0, 0.05) is 18.3 Å². The Balaban J connectivity index is 1.80. The summed E-state index contributed by atoms with van der Waals surface area (Å²) in [6.07, 6.45) is 1.78. The molecular formula is C9H12O4. The number of rotatable bonds is 0. The minimum absolute atomic E-state index is 0.0565. The fraction of sp³-hybridized carbons (Fsp3) is 0.889. The van der Waals surface area contributed by atoms with E-state index in [1.165, 1.54) is 0 Å². The zero-order valence-electron chi connectivity index (χ0n) is 7.27. The van der Waals surface area contributed by atoms with Gasteiger partial charge in [0.1, 0.15) is 12.9 Å². The largest absolute Gasteiger partial charge is 0.462 e. The zero-order chi connectivity index (χ0) is 8.84. The van der Waals surface area contributed by atoms with Gasteiger partial charge < -0.3 is 14.2 Å². The molecule has 2 saturated heterocycles. The Morgan fingerprint density at radius 2 is 2.15 bits per heavy atom. The summed E-state index contributed by atoms with van der Waals surface area (Å²) in [5.41, 5.74) is 0. The van der Waals surface area contributed by atoms with Crippen molar-refractivity contribution in [2.45, 2.75) is 25.0 Å². The lowest BCUT2D eigenvalue weighted by molar-refractivity contribution is -0.168. The summed E-state index contributed by atoms with van der Waals surface area (Å²) in [6, 6.07) is 0. The van der Waals surface area contributed by atoms with Crippen LogP contribution in [0.15, 0.2) is 0 Å². The minimum atomic E-state index is -0.0565. The van der Waals surface area contributed by atoms with E-state index in [4.69, 9.17) is 14.2 Å². The molecule has 0 aromatic carbocycles. The first-order chi connectivity index (χ1) is 6.34. The maximum Gasteiger partial charge on any atom is 0.306 e. The molecule has 0 aromatic heterocycles. The van der Waals surface area contributed by atoms with Gasteiger partial charge in [-0.25, -0.2) is 0 Å². The Kier molecular flexibility index (Phi) is 1.60. The summed E-state index contributed by atoms with van der Waals surface area (Å²) in [7, 11) is 0. The van der Waals surface area contributed by atoms with E-state index in [1.54, 1.807) is 0 Å². The highest BCUT2D eigenvalue weighted by Gasteiger charge is 2.51. The fourth-order valence-corrected chi connectivity index (χ4v) is 2.70. The predicted octanol–water partition coefficient (Wildman–Crippen LogP) is 0.311. The molecule has 4 heteroatoms. The Labute approximate surface area is 76.1 Å². The number of esters is 1. The lowest BCUT2D eigenvalue weighted by atomic mass is 9.93. The van der Waals surface area contributed by atoms with Crippen molar-refractivity contribution in [2.24, 2.45) is 11.8 Å². The van der Waals surface area contributed by atoms with Gasteiger partial charge in [0.15, 0.2) is 0 Å². The van der Waals surface area contributed by atoms with Crippen molar-refractivity contribution in [2.75, 3.05) is 13.4 Å². The van der Waals surface area contributed by atoms with Crippen LogP contribution in [0, 0.1) is 11.8 Å². The van der Waals surface area contributed by atoms with Crippen LogP contribution < -0.4 is 0 Å². The van der Waals surface area contributed by atoms with Crippen LogP contribution in [0.1, 0.15) is 12.8 Å². The molecule has 0 amide bonds. The number of ether oxygens (including phenoxy) is 3. The number of carbonyl (C=O) groups excluding carboxylic acids is 1. The maximum atomic E-state index is 11.0. The first kappa shape index (κ1) is 7.76. The summed E-state index contributed by atoms with van der Waals surface area (Å²) in [6.45, 7) is 1.12. The Bertz CT molecular complexity index is 240. The number of fused-ring (bicyclic) bond motifs is 3. The van der Waals surface area contributed by atoms with Crippen LogP contribution >= 0.6 is 0 Å². The van der Waals surface area contributed by atoms with Crippen LogP contribution in [-0.2, 0) is 19.0 Å². The molecule has 72 valence electrons. The van der Waals surface area contributed by atoms with Crippen LogP contribution in [0.25, 0.3) is 0 Å². The van der Waals surface area contributed by atoms with Crippen LogP contribution in [0.4, 0.5) is 0 Å². The average molecular weight is 184 g/mol. The van der Waals surface area contributed by atoms with Gasteiger partial charge in [-0.15, -0.1) is 0 Å². The summed E-state index contributed by atoms with van der Waals surface area (Å²) >= 11 is 0. The monoisotopic (exact) mass is 184 g/mol. The maximum absolute atomic E-state index is 11.0. The van der Waals surface area contributed by atoms with Gasteiger partial charge in [0.05, 0.1) is 19.1 Å².